The second-order valence-electron chi connectivity index (χ2n) is 11.8. The highest BCUT2D eigenvalue weighted by Gasteiger charge is 2.29. The van der Waals surface area contributed by atoms with E-state index in [9.17, 15) is 14.4 Å². The van der Waals surface area contributed by atoms with Gasteiger partial charge in [-0.05, 0) is 83.1 Å². The molecule has 1 N–H and O–H groups in total. The lowest BCUT2D eigenvalue weighted by Crippen LogP contribution is -2.50. The van der Waals surface area contributed by atoms with Gasteiger partial charge in [0.1, 0.15) is 6.61 Å². The summed E-state index contributed by atoms with van der Waals surface area (Å²) >= 11 is 0. The molecule has 1 radical (unpaired) electrons. The molecule has 0 bridgehead atoms. The number of likely N-dealkylation sites (tertiary alicyclic amines) is 1. The first-order valence-corrected chi connectivity index (χ1v) is 16.4. The van der Waals surface area contributed by atoms with E-state index in [1.54, 1.807) is 17.0 Å². The Balaban J connectivity index is 1.20. The van der Waals surface area contributed by atoms with Crippen molar-refractivity contribution in [2.75, 3.05) is 64.5 Å². The average molecular weight is 605 g/mol. The molecule has 2 aliphatic rings. The van der Waals surface area contributed by atoms with E-state index in [4.69, 9.17) is 4.74 Å². The van der Waals surface area contributed by atoms with Gasteiger partial charge in [0.15, 0.2) is 0 Å². The van der Waals surface area contributed by atoms with Gasteiger partial charge in [0.05, 0.1) is 12.2 Å². The van der Waals surface area contributed by atoms with Crippen LogP contribution in [0.4, 0.5) is 10.5 Å². The molecule has 0 saturated carbocycles. The zero-order valence-electron chi connectivity index (χ0n) is 26.6. The van der Waals surface area contributed by atoms with Crippen LogP contribution in [0.15, 0.2) is 54.6 Å². The number of nitrogens with one attached hydrogen (secondary N) is 1. The topological polar surface area (TPSA) is 85.4 Å². The first-order valence-electron chi connectivity index (χ1n) is 16.4. The van der Waals surface area contributed by atoms with Crippen molar-refractivity contribution in [3.63, 3.8) is 0 Å². The number of nitrogens with zero attached hydrogens (tertiary/aromatic N) is 4. The summed E-state index contributed by atoms with van der Waals surface area (Å²) in [5.74, 6) is 0.410. The van der Waals surface area contributed by atoms with Gasteiger partial charge < -0.3 is 19.9 Å². The second-order valence-corrected chi connectivity index (χ2v) is 11.8. The van der Waals surface area contributed by atoms with Crippen molar-refractivity contribution >= 4 is 23.6 Å². The predicted octanol–water partition coefficient (Wildman–Crippen LogP) is 5.38. The lowest BCUT2D eigenvalue weighted by molar-refractivity contribution is -0.130. The van der Waals surface area contributed by atoms with Crippen LogP contribution in [0.5, 0.6) is 0 Å². The molecule has 0 aromatic heterocycles. The van der Waals surface area contributed by atoms with Crippen molar-refractivity contribution in [3.05, 3.63) is 61.0 Å². The van der Waals surface area contributed by atoms with Crippen LogP contribution in [0.3, 0.4) is 0 Å². The fourth-order valence-electron chi connectivity index (χ4n) is 6.00. The number of unbranched alkanes of at least 4 members (excludes halogenated alkanes) is 2. The van der Waals surface area contributed by atoms with Crippen molar-refractivity contribution in [1.29, 1.82) is 0 Å². The Morgan fingerprint density at radius 2 is 1.61 bits per heavy atom. The van der Waals surface area contributed by atoms with Crippen molar-refractivity contribution in [3.8, 4) is 11.1 Å². The number of benzene rings is 2. The second kappa shape index (κ2) is 17.8. The van der Waals surface area contributed by atoms with E-state index in [-0.39, 0.29) is 24.3 Å². The van der Waals surface area contributed by atoms with Gasteiger partial charge in [-0.2, -0.15) is 0 Å². The summed E-state index contributed by atoms with van der Waals surface area (Å²) in [7, 11) is 1.78. The summed E-state index contributed by atoms with van der Waals surface area (Å²) in [5, 5.41) is 6.68. The minimum Gasteiger partial charge on any atom is -0.446 e. The highest BCUT2D eigenvalue weighted by molar-refractivity contribution is 5.93. The van der Waals surface area contributed by atoms with Crippen LogP contribution in [0.25, 0.3) is 11.1 Å². The number of anilines is 1. The number of hydrazine groups is 1. The number of para-hydroxylation sites is 1. The molecular weight excluding hydrogens is 554 g/mol. The number of amides is 3. The van der Waals surface area contributed by atoms with E-state index in [1.807, 2.05) is 61.5 Å². The zero-order chi connectivity index (χ0) is 31.1. The fraction of sp³-hybridized carbons (Fsp3) is 0.543. The number of ether oxygens (including phenoxy) is 1. The third-order valence-corrected chi connectivity index (χ3v) is 8.61. The molecule has 2 aromatic rings. The summed E-state index contributed by atoms with van der Waals surface area (Å²) in [4.78, 5) is 42.5. The third-order valence-electron chi connectivity index (χ3n) is 8.61. The van der Waals surface area contributed by atoms with Gasteiger partial charge in [0.2, 0.25) is 11.8 Å². The van der Waals surface area contributed by atoms with Crippen LogP contribution in [-0.2, 0) is 14.3 Å². The lowest BCUT2D eigenvalue weighted by atomic mass is 9.95. The maximum Gasteiger partial charge on any atom is 0.429 e. The molecule has 2 heterocycles. The van der Waals surface area contributed by atoms with Crippen LogP contribution < -0.4 is 10.3 Å². The summed E-state index contributed by atoms with van der Waals surface area (Å²) < 4.78 is 5.78. The van der Waals surface area contributed by atoms with E-state index < -0.39 is 6.09 Å². The Bertz CT molecular complexity index is 1180. The van der Waals surface area contributed by atoms with Crippen LogP contribution >= 0.6 is 0 Å². The first kappa shape index (κ1) is 33.5. The Hall–Kier alpha value is -3.43. The molecule has 2 fully saturated rings. The molecule has 0 atom stereocenters. The van der Waals surface area contributed by atoms with E-state index in [1.165, 1.54) is 0 Å². The van der Waals surface area contributed by atoms with Crippen LogP contribution in [0.1, 0.15) is 58.3 Å². The number of hydrogen-bond acceptors (Lipinski definition) is 6. The van der Waals surface area contributed by atoms with Crippen molar-refractivity contribution in [1.82, 2.24) is 20.1 Å². The van der Waals surface area contributed by atoms with Gasteiger partial charge >= 0.3 is 6.09 Å². The quantitative estimate of drug-likeness (QED) is 0.292. The molecule has 0 aliphatic carbocycles. The molecule has 0 spiro atoms. The maximum absolute atomic E-state index is 13.6. The molecule has 2 saturated heterocycles. The largest absolute Gasteiger partial charge is 0.446 e. The number of likely N-dealkylation sites (N-methyl/N-ethyl adjacent to an activating group) is 1. The third kappa shape index (κ3) is 9.79. The van der Waals surface area contributed by atoms with E-state index >= 15 is 0 Å². The summed E-state index contributed by atoms with van der Waals surface area (Å²) in [5.41, 5.74) is 2.80. The molecule has 239 valence electrons. The SMILES string of the molecule is CCNC(=O)C1CCN(CCCCCC(=O)N(C)CCOC(=O)N(c2ccccc2-c2ccccc2)N2CC[CH]CC2)CC1. The van der Waals surface area contributed by atoms with Gasteiger partial charge in [-0.1, -0.05) is 55.0 Å². The minimum atomic E-state index is -0.425. The number of rotatable bonds is 14. The molecule has 2 aliphatic heterocycles. The fourth-order valence-corrected chi connectivity index (χ4v) is 6.00. The van der Waals surface area contributed by atoms with E-state index in [2.05, 4.69) is 21.6 Å². The van der Waals surface area contributed by atoms with Gasteiger partial charge in [-0.15, -0.1) is 0 Å². The zero-order valence-corrected chi connectivity index (χ0v) is 26.6. The van der Waals surface area contributed by atoms with Crippen molar-refractivity contribution in [2.24, 2.45) is 5.92 Å². The van der Waals surface area contributed by atoms with E-state index in [0.29, 0.717) is 19.5 Å². The number of carbonyl (C=O) groups excluding carboxylic acids is 3. The Kier molecular flexibility index (Phi) is 13.5. The van der Waals surface area contributed by atoms with Crippen LogP contribution in [0, 0.1) is 12.3 Å². The molecule has 3 amide bonds. The summed E-state index contributed by atoms with van der Waals surface area (Å²) in [6, 6.07) is 18.0. The molecular formula is C35H50N5O4. The number of hydrogen-bond donors (Lipinski definition) is 1. The highest BCUT2D eigenvalue weighted by atomic mass is 16.6. The molecule has 9 nitrogen and oxygen atoms in total. The smallest absolute Gasteiger partial charge is 0.429 e. The summed E-state index contributed by atoms with van der Waals surface area (Å²) in [6.45, 7) is 7.57. The van der Waals surface area contributed by atoms with Gasteiger partial charge in [-0.25, -0.2) is 14.8 Å². The molecule has 0 unspecified atom stereocenters. The molecule has 2 aromatic carbocycles. The number of piperidine rings is 2. The average Bonchev–Trinajstić information content (AvgIpc) is 3.06. The number of carbonyl (C=O) groups is 3. The standard InChI is InChI=1S/C35H50N5O4/c1-3-36-34(42)30-20-25-38(26-21-30)22-12-5-9-19-33(41)37(2)27-28-44-35(43)40(39-23-13-6-14-24-39)32-18-11-10-17-31(32)29-15-7-4-8-16-29/h4,6-8,10-11,15-18,30H,3,5,9,12-14,19-28H2,1-2H3,(H,36,42). The van der Waals surface area contributed by atoms with Gasteiger partial charge in [0, 0.05) is 44.6 Å². The Morgan fingerprint density at radius 3 is 2.34 bits per heavy atom. The molecule has 9 heteroatoms. The van der Waals surface area contributed by atoms with Crippen molar-refractivity contribution < 1.29 is 19.1 Å². The van der Waals surface area contributed by atoms with Gasteiger partial charge in [-0.3, -0.25) is 9.59 Å². The Labute approximate surface area is 263 Å². The van der Waals surface area contributed by atoms with Crippen molar-refractivity contribution in [2.45, 2.75) is 58.3 Å². The Morgan fingerprint density at radius 1 is 0.909 bits per heavy atom. The molecule has 44 heavy (non-hydrogen) atoms. The highest BCUT2D eigenvalue weighted by Crippen LogP contribution is 2.33. The van der Waals surface area contributed by atoms with Crippen LogP contribution in [-0.4, -0.2) is 92.2 Å². The van der Waals surface area contributed by atoms with Gasteiger partial charge in [0.25, 0.3) is 0 Å². The summed E-state index contributed by atoms with van der Waals surface area (Å²) in [6.07, 6.45) is 8.87. The first-order chi connectivity index (χ1) is 21.5. The maximum atomic E-state index is 13.6. The molecule has 4 rings (SSSR count). The normalized spacial score (nSPS) is 16.3. The lowest BCUT2D eigenvalue weighted by Gasteiger charge is -2.37. The van der Waals surface area contributed by atoms with E-state index in [0.717, 1.165) is 94.5 Å². The van der Waals surface area contributed by atoms with Crippen LogP contribution in [0.2, 0.25) is 0 Å². The predicted molar refractivity (Wildman–Crippen MR) is 175 cm³/mol. The minimum absolute atomic E-state index is 0.0710. The monoisotopic (exact) mass is 604 g/mol.